The molecule has 0 unspecified atom stereocenters. The average Bonchev–Trinajstić information content (AvgIpc) is 3.66. The number of ether oxygens (including phenoxy) is 1. The highest BCUT2D eigenvalue weighted by molar-refractivity contribution is 8.01. The van der Waals surface area contributed by atoms with Gasteiger partial charge in [-0.25, -0.2) is 18.7 Å². The number of nitrogens with one attached hydrogen (secondary N) is 1. The fourth-order valence-electron chi connectivity index (χ4n) is 4.36. The van der Waals surface area contributed by atoms with Gasteiger partial charge < -0.3 is 15.8 Å². The van der Waals surface area contributed by atoms with Crippen molar-refractivity contribution in [2.45, 2.75) is 30.1 Å². The van der Waals surface area contributed by atoms with Crippen molar-refractivity contribution < 1.29 is 13.5 Å². The van der Waals surface area contributed by atoms with Crippen LogP contribution in [0.1, 0.15) is 25.3 Å². The molecule has 0 spiro atoms. The standard InChI is InChI=1S/C24H25F2N5OS/c1-23(13-33-24(12-25,15-3-4-15)22(27)31-23)18-10-16(5-6-19(18)26)30-21-20-14(7-8-28-21)9-17(32-2)11-29-20/h5-11,15H,3-4,12-13H2,1-2H3,(H2,27,31)(H,28,30)/t23-,24-/m0/s1. The lowest BCUT2D eigenvalue weighted by molar-refractivity contribution is 0.410. The van der Waals surface area contributed by atoms with E-state index in [0.717, 1.165) is 18.2 Å². The predicted octanol–water partition coefficient (Wildman–Crippen LogP) is 4.96. The van der Waals surface area contributed by atoms with E-state index in [9.17, 15) is 8.78 Å². The van der Waals surface area contributed by atoms with Gasteiger partial charge in [0.05, 0.1) is 18.8 Å². The molecule has 3 N–H and O–H groups in total. The third kappa shape index (κ3) is 3.78. The number of thioether (sulfide) groups is 1. The summed E-state index contributed by atoms with van der Waals surface area (Å²) in [6.07, 6.45) is 5.21. The number of aliphatic imine (C=N–C) groups is 1. The quantitative estimate of drug-likeness (QED) is 0.531. The molecule has 6 nitrogen and oxygen atoms in total. The van der Waals surface area contributed by atoms with E-state index in [2.05, 4.69) is 20.3 Å². The molecule has 2 aliphatic rings. The summed E-state index contributed by atoms with van der Waals surface area (Å²) < 4.78 is 33.5. The van der Waals surface area contributed by atoms with Gasteiger partial charge in [-0.15, -0.1) is 11.8 Å². The molecule has 1 saturated carbocycles. The van der Waals surface area contributed by atoms with Gasteiger partial charge >= 0.3 is 0 Å². The van der Waals surface area contributed by atoms with Crippen LogP contribution < -0.4 is 15.8 Å². The number of alkyl halides is 1. The summed E-state index contributed by atoms with van der Waals surface area (Å²) in [7, 11) is 1.59. The van der Waals surface area contributed by atoms with Gasteiger partial charge in [0.1, 0.15) is 34.3 Å². The van der Waals surface area contributed by atoms with E-state index in [1.807, 2.05) is 19.1 Å². The Labute approximate surface area is 195 Å². The molecule has 1 aliphatic heterocycles. The van der Waals surface area contributed by atoms with Gasteiger partial charge in [-0.1, -0.05) is 0 Å². The smallest absolute Gasteiger partial charge is 0.156 e. The summed E-state index contributed by atoms with van der Waals surface area (Å²) in [5.41, 5.74) is 7.12. The first-order valence-corrected chi connectivity index (χ1v) is 11.8. The number of halogens is 2. The summed E-state index contributed by atoms with van der Waals surface area (Å²) in [6, 6.07) is 8.49. The van der Waals surface area contributed by atoms with E-state index in [0.29, 0.717) is 34.1 Å². The third-order valence-electron chi connectivity index (χ3n) is 6.47. The van der Waals surface area contributed by atoms with Crippen LogP contribution in [-0.2, 0) is 5.54 Å². The zero-order valence-corrected chi connectivity index (χ0v) is 19.3. The average molecular weight is 470 g/mol. The molecule has 0 amide bonds. The third-order valence-corrected chi connectivity index (χ3v) is 8.34. The Morgan fingerprint density at radius 3 is 2.76 bits per heavy atom. The Bertz CT molecular complexity index is 1250. The van der Waals surface area contributed by atoms with E-state index >= 15 is 0 Å². The van der Waals surface area contributed by atoms with Crippen molar-refractivity contribution in [3.63, 3.8) is 0 Å². The predicted molar refractivity (Wildman–Crippen MR) is 129 cm³/mol. The van der Waals surface area contributed by atoms with Crippen LogP contribution in [0.2, 0.25) is 0 Å². The molecule has 9 heteroatoms. The lowest BCUT2D eigenvalue weighted by atomic mass is 9.92. The van der Waals surface area contributed by atoms with Crippen molar-refractivity contribution in [3.05, 3.63) is 54.1 Å². The number of methoxy groups -OCH3 is 1. The molecule has 172 valence electrons. The molecule has 5 rings (SSSR count). The second kappa shape index (κ2) is 8.13. The van der Waals surface area contributed by atoms with Crippen LogP contribution >= 0.6 is 11.8 Å². The number of nitrogens with zero attached hydrogens (tertiary/aromatic N) is 3. The lowest BCUT2D eigenvalue weighted by Crippen LogP contribution is -2.51. The first kappa shape index (κ1) is 21.9. The Hall–Kier alpha value is -2.94. The van der Waals surface area contributed by atoms with Crippen LogP contribution in [0.15, 0.2) is 47.7 Å². The monoisotopic (exact) mass is 469 g/mol. The number of rotatable bonds is 6. The zero-order chi connectivity index (χ0) is 23.2. The molecular formula is C24H25F2N5OS. The topological polar surface area (TPSA) is 85.4 Å². The fourth-order valence-corrected chi connectivity index (χ4v) is 5.86. The minimum atomic E-state index is -0.901. The zero-order valence-electron chi connectivity index (χ0n) is 18.4. The highest BCUT2D eigenvalue weighted by Gasteiger charge is 2.53. The summed E-state index contributed by atoms with van der Waals surface area (Å²) in [4.78, 5) is 13.5. The second-order valence-corrected chi connectivity index (χ2v) is 10.1. The first-order chi connectivity index (χ1) is 15.9. The number of hydrogen-bond donors (Lipinski definition) is 2. The van der Waals surface area contributed by atoms with E-state index in [1.54, 1.807) is 31.6 Å². The van der Waals surface area contributed by atoms with Crippen molar-refractivity contribution in [2.24, 2.45) is 16.6 Å². The molecule has 3 aromatic rings. The van der Waals surface area contributed by atoms with Crippen LogP contribution in [0, 0.1) is 11.7 Å². The molecule has 33 heavy (non-hydrogen) atoms. The summed E-state index contributed by atoms with van der Waals surface area (Å²) in [5.74, 6) is 1.75. The van der Waals surface area contributed by atoms with Gasteiger partial charge in [-0.2, -0.15) is 0 Å². The van der Waals surface area contributed by atoms with E-state index in [4.69, 9.17) is 10.5 Å². The van der Waals surface area contributed by atoms with Gasteiger partial charge in [0.15, 0.2) is 5.82 Å². The van der Waals surface area contributed by atoms with Gasteiger partial charge in [-0.3, -0.25) is 4.99 Å². The number of fused-ring (bicyclic) bond motifs is 1. The molecule has 0 saturated heterocycles. The van der Waals surface area contributed by atoms with E-state index in [-0.39, 0.29) is 17.6 Å². The first-order valence-electron chi connectivity index (χ1n) is 10.8. The Balaban J connectivity index is 1.49. The van der Waals surface area contributed by atoms with E-state index < -0.39 is 17.0 Å². The molecule has 0 radical (unpaired) electrons. The number of amidine groups is 1. The minimum Gasteiger partial charge on any atom is -0.495 e. The van der Waals surface area contributed by atoms with E-state index in [1.165, 1.54) is 17.8 Å². The SMILES string of the molecule is COc1cnc2c(Nc3ccc(F)c([C@]4(C)CS[C@@](CF)(C5CC5)C(N)=N4)c3)nccc2c1. The van der Waals surface area contributed by atoms with Crippen LogP contribution in [0.3, 0.4) is 0 Å². The summed E-state index contributed by atoms with van der Waals surface area (Å²) >= 11 is 1.46. The normalized spacial score (nSPS) is 25.0. The Kier molecular flexibility index (Phi) is 5.39. The number of nitrogens with two attached hydrogens (primary N) is 1. The molecule has 1 aliphatic carbocycles. The maximum atomic E-state index is 15.0. The van der Waals surface area contributed by atoms with Gasteiger partial charge in [0.2, 0.25) is 0 Å². The Morgan fingerprint density at radius 1 is 1.24 bits per heavy atom. The van der Waals surface area contributed by atoms with Crippen LogP contribution in [0.4, 0.5) is 20.3 Å². The van der Waals surface area contributed by atoms with Crippen molar-refractivity contribution in [1.82, 2.24) is 9.97 Å². The maximum absolute atomic E-state index is 15.0. The highest BCUT2D eigenvalue weighted by Crippen LogP contribution is 2.53. The van der Waals surface area contributed by atoms with Crippen LogP contribution in [0.5, 0.6) is 5.75 Å². The number of pyridine rings is 2. The Morgan fingerprint density at radius 2 is 2.06 bits per heavy atom. The molecular weight excluding hydrogens is 444 g/mol. The molecule has 0 bridgehead atoms. The number of aromatic nitrogens is 2. The van der Waals surface area contributed by atoms with Crippen LogP contribution in [0.25, 0.3) is 10.9 Å². The molecule has 1 aromatic carbocycles. The fraction of sp³-hybridized carbons (Fsp3) is 0.375. The maximum Gasteiger partial charge on any atom is 0.156 e. The highest BCUT2D eigenvalue weighted by atomic mass is 32.2. The number of hydrogen-bond acceptors (Lipinski definition) is 7. The number of anilines is 2. The van der Waals surface area contributed by atoms with Crippen molar-refractivity contribution in [3.8, 4) is 5.75 Å². The number of benzene rings is 1. The molecule has 1 fully saturated rings. The minimum absolute atomic E-state index is 0.210. The van der Waals surface area contributed by atoms with Gasteiger partial charge in [-0.05, 0) is 56.0 Å². The van der Waals surface area contributed by atoms with Crippen LogP contribution in [-0.4, -0.2) is 40.1 Å². The largest absolute Gasteiger partial charge is 0.495 e. The van der Waals surface area contributed by atoms with Gasteiger partial charge in [0, 0.05) is 28.6 Å². The van der Waals surface area contributed by atoms with Gasteiger partial charge in [0.25, 0.3) is 0 Å². The second-order valence-electron chi connectivity index (χ2n) is 8.78. The lowest BCUT2D eigenvalue weighted by Gasteiger charge is -2.40. The van der Waals surface area contributed by atoms with Crippen molar-refractivity contribution in [1.29, 1.82) is 0 Å². The molecule has 2 aromatic heterocycles. The molecule has 2 atom stereocenters. The summed E-state index contributed by atoms with van der Waals surface area (Å²) in [5, 5.41) is 4.11. The van der Waals surface area contributed by atoms with Crippen molar-refractivity contribution >= 4 is 40.0 Å². The summed E-state index contributed by atoms with van der Waals surface area (Å²) in [6.45, 7) is 1.29. The molecule has 3 heterocycles. The van der Waals surface area contributed by atoms with Crippen molar-refractivity contribution in [2.75, 3.05) is 24.9 Å².